The van der Waals surface area contributed by atoms with Crippen LogP contribution in [0.2, 0.25) is 0 Å². The van der Waals surface area contributed by atoms with Crippen molar-refractivity contribution in [1.82, 2.24) is 4.90 Å². The fraction of sp³-hybridized carbons (Fsp3) is 0.364. The van der Waals surface area contributed by atoms with E-state index in [2.05, 4.69) is 39.8 Å². The highest BCUT2D eigenvalue weighted by Gasteiger charge is 2.25. The molecule has 0 radical (unpaired) electrons. The van der Waals surface area contributed by atoms with Crippen molar-refractivity contribution in [1.29, 1.82) is 0 Å². The number of benzene rings is 2. The molecule has 1 fully saturated rings. The zero-order chi connectivity index (χ0) is 18.6. The molecule has 4 rings (SSSR count). The van der Waals surface area contributed by atoms with Gasteiger partial charge in [-0.15, -0.1) is 0 Å². The van der Waals surface area contributed by atoms with Gasteiger partial charge in [0.25, 0.3) is 0 Å². The van der Waals surface area contributed by atoms with Crippen molar-refractivity contribution in [3.8, 4) is 0 Å². The van der Waals surface area contributed by atoms with Gasteiger partial charge in [0, 0.05) is 30.3 Å². The maximum absolute atomic E-state index is 12.7. The molecule has 0 spiro atoms. The summed E-state index contributed by atoms with van der Waals surface area (Å²) >= 11 is 0. The van der Waals surface area contributed by atoms with Crippen molar-refractivity contribution < 1.29 is 9.59 Å². The number of nitrogens with zero attached hydrogens (tertiary/aromatic N) is 1. The third-order valence-electron chi connectivity index (χ3n) is 5.48. The van der Waals surface area contributed by atoms with Crippen molar-refractivity contribution >= 4 is 23.2 Å². The van der Waals surface area contributed by atoms with E-state index in [-0.39, 0.29) is 17.7 Å². The van der Waals surface area contributed by atoms with Gasteiger partial charge in [-0.25, -0.2) is 0 Å². The molecule has 0 atom stereocenters. The lowest BCUT2D eigenvalue weighted by Gasteiger charge is -2.31. The number of aryl methyl sites for hydroxylation is 1. The highest BCUT2D eigenvalue weighted by Crippen LogP contribution is 2.27. The summed E-state index contributed by atoms with van der Waals surface area (Å²) in [5.41, 5.74) is 4.09. The van der Waals surface area contributed by atoms with E-state index in [4.69, 9.17) is 0 Å². The summed E-state index contributed by atoms with van der Waals surface area (Å²) < 4.78 is 0. The van der Waals surface area contributed by atoms with E-state index in [0.717, 1.165) is 55.8 Å². The lowest BCUT2D eigenvalue weighted by Crippen LogP contribution is -2.37. The maximum atomic E-state index is 12.7. The second kappa shape index (κ2) is 7.92. The standard InChI is InChI=1S/C22H25N3O2/c26-21-9-6-18-14-19(7-8-20(18)24-21)23-22(27)17-10-12-25(13-11-17)15-16-4-2-1-3-5-16/h1-5,7-8,14,17H,6,9-13,15H2,(H,23,27)(H,24,26). The molecule has 2 amide bonds. The first-order valence-corrected chi connectivity index (χ1v) is 9.67. The molecule has 2 heterocycles. The number of rotatable bonds is 4. The molecule has 1 saturated heterocycles. The van der Waals surface area contributed by atoms with Crippen LogP contribution in [0.3, 0.4) is 0 Å². The zero-order valence-electron chi connectivity index (χ0n) is 15.4. The second-order valence-electron chi connectivity index (χ2n) is 7.45. The summed E-state index contributed by atoms with van der Waals surface area (Å²) in [6.45, 7) is 2.85. The van der Waals surface area contributed by atoms with Crippen LogP contribution in [0.15, 0.2) is 48.5 Å². The van der Waals surface area contributed by atoms with Crippen molar-refractivity contribution in [2.75, 3.05) is 23.7 Å². The van der Waals surface area contributed by atoms with Crippen LogP contribution in [0, 0.1) is 5.92 Å². The molecular weight excluding hydrogens is 338 g/mol. The Morgan fingerprint density at radius 1 is 1.07 bits per heavy atom. The number of hydrogen-bond donors (Lipinski definition) is 2. The number of carbonyl (C=O) groups is 2. The smallest absolute Gasteiger partial charge is 0.227 e. The Morgan fingerprint density at radius 3 is 2.63 bits per heavy atom. The van der Waals surface area contributed by atoms with Gasteiger partial charge in [-0.05, 0) is 61.7 Å². The SMILES string of the molecule is O=C1CCc2cc(NC(=O)C3CCN(Cc4ccccc4)CC3)ccc2N1. The lowest BCUT2D eigenvalue weighted by atomic mass is 9.95. The molecule has 0 aliphatic carbocycles. The Bertz CT molecular complexity index is 827. The molecule has 2 aliphatic rings. The molecule has 0 aromatic heterocycles. The van der Waals surface area contributed by atoms with Gasteiger partial charge in [-0.2, -0.15) is 0 Å². The minimum atomic E-state index is 0.0570. The Labute approximate surface area is 159 Å². The normalized spacial score (nSPS) is 17.9. The van der Waals surface area contributed by atoms with Gasteiger partial charge in [-0.1, -0.05) is 30.3 Å². The van der Waals surface area contributed by atoms with Crippen LogP contribution < -0.4 is 10.6 Å². The summed E-state index contributed by atoms with van der Waals surface area (Å²) in [6, 6.07) is 16.2. The van der Waals surface area contributed by atoms with Crippen molar-refractivity contribution in [2.45, 2.75) is 32.2 Å². The number of likely N-dealkylation sites (tertiary alicyclic amines) is 1. The monoisotopic (exact) mass is 363 g/mol. The summed E-state index contributed by atoms with van der Waals surface area (Å²) in [7, 11) is 0. The van der Waals surface area contributed by atoms with E-state index in [0.29, 0.717) is 6.42 Å². The first-order chi connectivity index (χ1) is 13.2. The molecule has 0 saturated carbocycles. The second-order valence-corrected chi connectivity index (χ2v) is 7.45. The van der Waals surface area contributed by atoms with Crippen LogP contribution in [-0.2, 0) is 22.6 Å². The summed E-state index contributed by atoms with van der Waals surface area (Å²) in [6.07, 6.45) is 3.01. The predicted molar refractivity (Wildman–Crippen MR) is 106 cm³/mol. The largest absolute Gasteiger partial charge is 0.326 e. The molecule has 2 aliphatic heterocycles. The number of carbonyl (C=O) groups excluding carboxylic acids is 2. The van der Waals surface area contributed by atoms with Crippen LogP contribution in [0.5, 0.6) is 0 Å². The third-order valence-corrected chi connectivity index (χ3v) is 5.48. The lowest BCUT2D eigenvalue weighted by molar-refractivity contribution is -0.121. The van der Waals surface area contributed by atoms with Gasteiger partial charge in [0.2, 0.25) is 11.8 Å². The van der Waals surface area contributed by atoms with Crippen LogP contribution in [0.1, 0.15) is 30.4 Å². The molecule has 5 heteroatoms. The molecule has 2 N–H and O–H groups in total. The topological polar surface area (TPSA) is 61.4 Å². The van der Waals surface area contributed by atoms with Crippen LogP contribution in [-0.4, -0.2) is 29.8 Å². The van der Waals surface area contributed by atoms with E-state index < -0.39 is 0 Å². The number of nitrogens with one attached hydrogen (secondary N) is 2. The molecule has 0 unspecified atom stereocenters. The van der Waals surface area contributed by atoms with Crippen LogP contribution in [0.25, 0.3) is 0 Å². The first kappa shape index (κ1) is 17.7. The summed E-state index contributed by atoms with van der Waals surface area (Å²) in [5, 5.41) is 5.94. The number of amides is 2. The van der Waals surface area contributed by atoms with Gasteiger partial charge in [-0.3, -0.25) is 14.5 Å². The molecule has 5 nitrogen and oxygen atoms in total. The van der Waals surface area contributed by atoms with Crippen molar-refractivity contribution in [3.63, 3.8) is 0 Å². The molecule has 2 aromatic carbocycles. The maximum Gasteiger partial charge on any atom is 0.227 e. The molecular formula is C22H25N3O2. The number of fused-ring (bicyclic) bond motifs is 1. The Kier molecular flexibility index (Phi) is 5.21. The molecule has 27 heavy (non-hydrogen) atoms. The minimum absolute atomic E-state index is 0.0570. The first-order valence-electron chi connectivity index (χ1n) is 9.67. The minimum Gasteiger partial charge on any atom is -0.326 e. The van der Waals surface area contributed by atoms with Gasteiger partial charge >= 0.3 is 0 Å². The van der Waals surface area contributed by atoms with Crippen molar-refractivity contribution in [3.05, 3.63) is 59.7 Å². The van der Waals surface area contributed by atoms with Gasteiger partial charge in [0.1, 0.15) is 0 Å². The molecule has 0 bridgehead atoms. The van der Waals surface area contributed by atoms with E-state index in [1.54, 1.807) is 0 Å². The van der Waals surface area contributed by atoms with E-state index in [9.17, 15) is 9.59 Å². The molecule has 2 aromatic rings. The fourth-order valence-electron chi connectivity index (χ4n) is 3.90. The highest BCUT2D eigenvalue weighted by molar-refractivity contribution is 5.96. The Hall–Kier alpha value is -2.66. The van der Waals surface area contributed by atoms with Gasteiger partial charge in [0.15, 0.2) is 0 Å². The van der Waals surface area contributed by atoms with Gasteiger partial charge < -0.3 is 10.6 Å². The number of anilines is 2. The van der Waals surface area contributed by atoms with E-state index >= 15 is 0 Å². The number of hydrogen-bond acceptors (Lipinski definition) is 3. The van der Waals surface area contributed by atoms with Crippen LogP contribution in [0.4, 0.5) is 11.4 Å². The Morgan fingerprint density at radius 2 is 1.85 bits per heavy atom. The average molecular weight is 363 g/mol. The highest BCUT2D eigenvalue weighted by atomic mass is 16.2. The van der Waals surface area contributed by atoms with Crippen molar-refractivity contribution in [2.24, 2.45) is 5.92 Å². The predicted octanol–water partition coefficient (Wildman–Crippen LogP) is 3.42. The fourth-order valence-corrected chi connectivity index (χ4v) is 3.90. The molecule has 140 valence electrons. The van der Waals surface area contributed by atoms with E-state index in [1.165, 1.54) is 5.56 Å². The average Bonchev–Trinajstić information content (AvgIpc) is 2.69. The van der Waals surface area contributed by atoms with Gasteiger partial charge in [0.05, 0.1) is 0 Å². The van der Waals surface area contributed by atoms with E-state index in [1.807, 2.05) is 24.3 Å². The Balaban J connectivity index is 1.30. The summed E-state index contributed by atoms with van der Waals surface area (Å²) in [4.78, 5) is 26.5. The quantitative estimate of drug-likeness (QED) is 0.875. The third kappa shape index (κ3) is 4.37. The summed E-state index contributed by atoms with van der Waals surface area (Å²) in [5.74, 6) is 0.225. The zero-order valence-corrected chi connectivity index (χ0v) is 15.4. The van der Waals surface area contributed by atoms with Crippen LogP contribution >= 0.6 is 0 Å². The number of piperidine rings is 1.